The standard InChI is InChI=1S/C22H37N7O2/c1-22(2,3)31-21(30)29-12-5-7-18(17-29)8-11-26-19(23-4)27-13-15-28(16-14-27)20-24-9-6-10-25-20/h6,9-10,18H,5,7-8,11-17H2,1-4H3,(H,23,26). The largest absolute Gasteiger partial charge is 0.444 e. The van der Waals surface area contributed by atoms with E-state index in [0.29, 0.717) is 5.92 Å². The van der Waals surface area contributed by atoms with Gasteiger partial charge >= 0.3 is 6.09 Å². The maximum atomic E-state index is 12.4. The number of carbonyl (C=O) groups excluding carboxylic acids is 1. The van der Waals surface area contributed by atoms with E-state index in [-0.39, 0.29) is 6.09 Å². The molecule has 1 amide bonds. The summed E-state index contributed by atoms with van der Waals surface area (Å²) in [7, 11) is 1.83. The molecule has 31 heavy (non-hydrogen) atoms. The molecule has 0 aromatic carbocycles. The molecule has 0 saturated carbocycles. The van der Waals surface area contributed by atoms with Gasteiger partial charge in [0.25, 0.3) is 0 Å². The summed E-state index contributed by atoms with van der Waals surface area (Å²) in [6.45, 7) is 11.7. The van der Waals surface area contributed by atoms with Crippen LogP contribution in [0.2, 0.25) is 0 Å². The van der Waals surface area contributed by atoms with Gasteiger partial charge in [0.2, 0.25) is 5.95 Å². The summed E-state index contributed by atoms with van der Waals surface area (Å²) in [6.07, 6.45) is 6.56. The third kappa shape index (κ3) is 6.97. The highest BCUT2D eigenvalue weighted by atomic mass is 16.6. The van der Waals surface area contributed by atoms with Crippen LogP contribution in [0.15, 0.2) is 23.5 Å². The molecule has 0 spiro atoms. The number of aliphatic imine (C=N–C) groups is 1. The van der Waals surface area contributed by atoms with Crippen LogP contribution in [-0.4, -0.2) is 90.3 Å². The summed E-state index contributed by atoms with van der Waals surface area (Å²) in [6, 6.07) is 1.84. The lowest BCUT2D eigenvalue weighted by molar-refractivity contribution is 0.0162. The van der Waals surface area contributed by atoms with Crippen molar-refractivity contribution < 1.29 is 9.53 Å². The highest BCUT2D eigenvalue weighted by Crippen LogP contribution is 2.21. The second kappa shape index (κ2) is 10.6. The molecule has 3 rings (SSSR count). The molecule has 3 heterocycles. The van der Waals surface area contributed by atoms with Gasteiger partial charge in [0.05, 0.1) is 0 Å². The van der Waals surface area contributed by atoms with Crippen LogP contribution in [0.1, 0.15) is 40.0 Å². The number of anilines is 1. The first kappa shape index (κ1) is 23.1. The molecule has 1 aromatic heterocycles. The Morgan fingerprint density at radius 2 is 1.87 bits per heavy atom. The number of hydrogen-bond acceptors (Lipinski definition) is 6. The molecule has 2 aliphatic heterocycles. The summed E-state index contributed by atoms with van der Waals surface area (Å²) in [4.78, 5) is 31.9. The average Bonchev–Trinajstić information content (AvgIpc) is 2.77. The molecule has 2 aliphatic rings. The minimum absolute atomic E-state index is 0.193. The molecular formula is C22H37N7O2. The number of guanidine groups is 1. The van der Waals surface area contributed by atoms with Crippen LogP contribution in [0.3, 0.4) is 0 Å². The quantitative estimate of drug-likeness (QED) is 0.578. The van der Waals surface area contributed by atoms with E-state index < -0.39 is 5.60 Å². The normalized spacial score (nSPS) is 20.6. The van der Waals surface area contributed by atoms with Crippen molar-refractivity contribution in [2.45, 2.75) is 45.6 Å². The van der Waals surface area contributed by atoms with Crippen molar-refractivity contribution in [3.05, 3.63) is 18.5 Å². The van der Waals surface area contributed by atoms with Crippen molar-refractivity contribution in [2.24, 2.45) is 10.9 Å². The lowest BCUT2D eigenvalue weighted by Crippen LogP contribution is -2.53. The van der Waals surface area contributed by atoms with E-state index in [9.17, 15) is 4.79 Å². The van der Waals surface area contributed by atoms with Crippen LogP contribution in [0.25, 0.3) is 0 Å². The van der Waals surface area contributed by atoms with Gasteiger partial charge in [0.15, 0.2) is 5.96 Å². The number of carbonyl (C=O) groups is 1. The van der Waals surface area contributed by atoms with Crippen LogP contribution in [0.5, 0.6) is 0 Å². The molecule has 9 heteroatoms. The van der Waals surface area contributed by atoms with E-state index in [1.54, 1.807) is 12.4 Å². The van der Waals surface area contributed by atoms with Gasteiger partial charge in [-0.15, -0.1) is 0 Å². The van der Waals surface area contributed by atoms with E-state index in [1.165, 1.54) is 0 Å². The number of amides is 1. The SMILES string of the molecule is CN=C(NCCC1CCCN(C(=O)OC(C)(C)C)C1)N1CCN(c2ncccn2)CC1. The molecule has 0 radical (unpaired) electrons. The highest BCUT2D eigenvalue weighted by Gasteiger charge is 2.27. The summed E-state index contributed by atoms with van der Waals surface area (Å²) < 4.78 is 5.54. The van der Waals surface area contributed by atoms with Crippen molar-refractivity contribution in [1.82, 2.24) is 25.1 Å². The Hall–Kier alpha value is -2.58. The molecule has 0 bridgehead atoms. The van der Waals surface area contributed by atoms with Crippen molar-refractivity contribution in [3.8, 4) is 0 Å². The smallest absolute Gasteiger partial charge is 0.410 e. The maximum absolute atomic E-state index is 12.4. The Labute approximate surface area is 185 Å². The molecule has 0 aliphatic carbocycles. The number of aromatic nitrogens is 2. The molecule has 2 saturated heterocycles. The van der Waals surface area contributed by atoms with Crippen LogP contribution >= 0.6 is 0 Å². The van der Waals surface area contributed by atoms with E-state index >= 15 is 0 Å². The Morgan fingerprint density at radius 3 is 2.52 bits per heavy atom. The molecule has 1 N–H and O–H groups in total. The van der Waals surface area contributed by atoms with Crippen molar-refractivity contribution in [3.63, 3.8) is 0 Å². The van der Waals surface area contributed by atoms with E-state index in [0.717, 1.165) is 77.0 Å². The third-order valence-electron chi connectivity index (χ3n) is 5.63. The zero-order valence-corrected chi connectivity index (χ0v) is 19.4. The van der Waals surface area contributed by atoms with Crippen molar-refractivity contribution in [2.75, 3.05) is 57.8 Å². The third-order valence-corrected chi connectivity index (χ3v) is 5.63. The molecule has 1 atom stereocenters. The van der Waals surface area contributed by atoms with Gasteiger partial charge in [0, 0.05) is 65.3 Å². The Morgan fingerprint density at radius 1 is 1.16 bits per heavy atom. The number of ether oxygens (including phenoxy) is 1. The zero-order chi connectivity index (χ0) is 22.3. The number of piperidine rings is 1. The Balaban J connectivity index is 1.40. The van der Waals surface area contributed by atoms with Crippen LogP contribution in [-0.2, 0) is 4.74 Å². The van der Waals surface area contributed by atoms with Gasteiger partial charge in [-0.2, -0.15) is 0 Å². The second-order valence-electron chi connectivity index (χ2n) is 9.22. The van der Waals surface area contributed by atoms with Gasteiger partial charge < -0.3 is 24.8 Å². The second-order valence-corrected chi connectivity index (χ2v) is 9.22. The Kier molecular flexibility index (Phi) is 7.92. The number of nitrogens with one attached hydrogen (secondary N) is 1. The summed E-state index contributed by atoms with van der Waals surface area (Å²) in [5.41, 5.74) is -0.450. The lowest BCUT2D eigenvalue weighted by Gasteiger charge is -2.37. The van der Waals surface area contributed by atoms with Gasteiger partial charge in [0.1, 0.15) is 5.60 Å². The predicted octanol–water partition coefficient (Wildman–Crippen LogP) is 2.21. The number of hydrogen-bond donors (Lipinski definition) is 1. The fraction of sp³-hybridized carbons (Fsp3) is 0.727. The first-order valence-electron chi connectivity index (χ1n) is 11.3. The van der Waals surface area contributed by atoms with Crippen LogP contribution in [0, 0.1) is 5.92 Å². The van der Waals surface area contributed by atoms with Crippen molar-refractivity contribution in [1.29, 1.82) is 0 Å². The van der Waals surface area contributed by atoms with Gasteiger partial charge in [-0.05, 0) is 52.0 Å². The number of nitrogens with zero attached hydrogens (tertiary/aromatic N) is 6. The fourth-order valence-electron chi connectivity index (χ4n) is 4.09. The molecule has 9 nitrogen and oxygen atoms in total. The van der Waals surface area contributed by atoms with Gasteiger partial charge in [-0.25, -0.2) is 14.8 Å². The predicted molar refractivity (Wildman–Crippen MR) is 122 cm³/mol. The molecule has 2 fully saturated rings. The maximum Gasteiger partial charge on any atom is 0.410 e. The summed E-state index contributed by atoms with van der Waals surface area (Å²) in [5.74, 6) is 2.21. The fourth-order valence-corrected chi connectivity index (χ4v) is 4.09. The van der Waals surface area contributed by atoms with Gasteiger partial charge in [-0.3, -0.25) is 4.99 Å². The first-order chi connectivity index (χ1) is 14.9. The topological polar surface area (TPSA) is 86.2 Å². The first-order valence-corrected chi connectivity index (χ1v) is 11.3. The molecule has 1 aromatic rings. The Bertz CT molecular complexity index is 727. The van der Waals surface area contributed by atoms with Crippen molar-refractivity contribution >= 4 is 18.0 Å². The lowest BCUT2D eigenvalue weighted by atomic mass is 9.95. The highest BCUT2D eigenvalue weighted by molar-refractivity contribution is 5.80. The summed E-state index contributed by atoms with van der Waals surface area (Å²) in [5, 5.41) is 3.51. The monoisotopic (exact) mass is 431 g/mol. The minimum atomic E-state index is -0.450. The van der Waals surface area contributed by atoms with Crippen LogP contribution < -0.4 is 10.2 Å². The van der Waals surface area contributed by atoms with E-state index in [2.05, 4.69) is 30.1 Å². The summed E-state index contributed by atoms with van der Waals surface area (Å²) >= 11 is 0. The van der Waals surface area contributed by atoms with E-state index in [1.807, 2.05) is 38.8 Å². The zero-order valence-electron chi connectivity index (χ0n) is 19.4. The molecule has 172 valence electrons. The number of rotatable bonds is 4. The molecular weight excluding hydrogens is 394 g/mol. The number of likely N-dealkylation sites (tertiary alicyclic amines) is 1. The molecule has 1 unspecified atom stereocenters. The van der Waals surface area contributed by atoms with Crippen LogP contribution in [0.4, 0.5) is 10.7 Å². The van der Waals surface area contributed by atoms with Gasteiger partial charge in [-0.1, -0.05) is 0 Å². The minimum Gasteiger partial charge on any atom is -0.444 e. The van der Waals surface area contributed by atoms with E-state index in [4.69, 9.17) is 4.74 Å². The number of piperazine rings is 1. The average molecular weight is 432 g/mol.